The molecule has 92 valence electrons. The van der Waals surface area contributed by atoms with E-state index < -0.39 is 0 Å². The molecule has 0 saturated carbocycles. The van der Waals surface area contributed by atoms with Crippen molar-refractivity contribution in [3.8, 4) is 0 Å². The van der Waals surface area contributed by atoms with Gasteiger partial charge in [0.25, 0.3) is 0 Å². The molecule has 0 aliphatic rings. The second kappa shape index (κ2) is 5.22. The largest absolute Gasteiger partial charge is 0.276 e. The van der Waals surface area contributed by atoms with E-state index in [0.717, 1.165) is 16.6 Å². The zero-order valence-corrected chi connectivity index (χ0v) is 10.1. The van der Waals surface area contributed by atoms with Gasteiger partial charge in [0.2, 0.25) is 0 Å². The first-order chi connectivity index (χ1) is 9.42. The Bertz CT molecular complexity index is 737. The van der Waals surface area contributed by atoms with Crippen LogP contribution in [0, 0.1) is 0 Å². The molecule has 0 aliphatic carbocycles. The van der Waals surface area contributed by atoms with E-state index >= 15 is 0 Å². The van der Waals surface area contributed by atoms with Crippen LogP contribution in [0.15, 0.2) is 64.8 Å². The third-order valence-corrected chi connectivity index (χ3v) is 2.59. The highest BCUT2D eigenvalue weighted by atomic mass is 15.1. The van der Waals surface area contributed by atoms with Crippen molar-refractivity contribution in [2.24, 2.45) is 9.98 Å². The van der Waals surface area contributed by atoms with E-state index in [9.17, 15) is 0 Å². The van der Waals surface area contributed by atoms with Crippen LogP contribution in [-0.2, 0) is 0 Å². The fourth-order valence-corrected chi connectivity index (χ4v) is 1.62. The van der Waals surface area contributed by atoms with Gasteiger partial charge in [0.05, 0.1) is 23.6 Å². The van der Waals surface area contributed by atoms with Crippen LogP contribution < -0.4 is 5.49 Å². The van der Waals surface area contributed by atoms with Crippen molar-refractivity contribution in [1.82, 2.24) is 15.2 Å². The van der Waals surface area contributed by atoms with Gasteiger partial charge in [0.15, 0.2) is 5.49 Å². The predicted molar refractivity (Wildman–Crippen MR) is 74.0 cm³/mol. The van der Waals surface area contributed by atoms with E-state index in [-0.39, 0.29) is 0 Å². The molecule has 0 unspecified atom stereocenters. The lowest BCUT2D eigenvalue weighted by Crippen LogP contribution is -2.01. The maximum atomic E-state index is 4.24. The maximum absolute atomic E-state index is 4.24. The molecular formula is C14H11N5. The Balaban J connectivity index is 1.91. The Morgan fingerprint density at radius 3 is 2.79 bits per heavy atom. The number of benzene rings is 1. The van der Waals surface area contributed by atoms with Crippen molar-refractivity contribution < 1.29 is 0 Å². The molecule has 1 N–H and O–H groups in total. The molecule has 0 amide bonds. The molecule has 3 rings (SSSR count). The number of nitrogens with one attached hydrogen (secondary N) is 1. The van der Waals surface area contributed by atoms with Gasteiger partial charge in [-0.05, 0) is 24.3 Å². The highest BCUT2D eigenvalue weighted by Gasteiger charge is 1.91. The zero-order chi connectivity index (χ0) is 12.9. The predicted octanol–water partition coefficient (Wildman–Crippen LogP) is 2.22. The van der Waals surface area contributed by atoms with Crippen molar-refractivity contribution in [3.05, 3.63) is 60.3 Å². The number of fused-ring (bicyclic) bond motifs is 1. The first kappa shape index (κ1) is 11.3. The molecule has 0 saturated heterocycles. The van der Waals surface area contributed by atoms with Crippen molar-refractivity contribution >= 4 is 22.9 Å². The molecule has 2 heterocycles. The number of aromatic amines is 1. The number of hydrogen-bond acceptors (Lipinski definition) is 3. The summed E-state index contributed by atoms with van der Waals surface area (Å²) >= 11 is 0. The van der Waals surface area contributed by atoms with E-state index in [4.69, 9.17) is 0 Å². The fraction of sp³-hybridized carbons (Fsp3) is 0. The van der Waals surface area contributed by atoms with Gasteiger partial charge in [-0.3, -0.25) is 5.10 Å². The van der Waals surface area contributed by atoms with Crippen LogP contribution in [0.4, 0.5) is 5.69 Å². The topological polar surface area (TPSA) is 66.3 Å². The minimum absolute atomic E-state index is 0.601. The van der Waals surface area contributed by atoms with Gasteiger partial charge in [0, 0.05) is 5.39 Å². The average Bonchev–Trinajstić information content (AvgIpc) is 2.82. The third-order valence-electron chi connectivity index (χ3n) is 2.59. The molecule has 5 nitrogen and oxygen atoms in total. The van der Waals surface area contributed by atoms with Crippen LogP contribution in [0.2, 0.25) is 0 Å². The minimum Gasteiger partial charge on any atom is -0.276 e. The highest BCUT2D eigenvalue weighted by Crippen LogP contribution is 2.08. The monoisotopic (exact) mass is 249 g/mol. The van der Waals surface area contributed by atoms with Gasteiger partial charge in [-0.15, -0.1) is 0 Å². The van der Waals surface area contributed by atoms with Crippen LogP contribution >= 0.6 is 0 Å². The lowest BCUT2D eigenvalue weighted by Gasteiger charge is -1.87. The molecule has 0 bridgehead atoms. The number of para-hydroxylation sites is 1. The molecule has 0 radical (unpaired) electrons. The molecule has 2 aromatic heterocycles. The number of aromatic nitrogens is 3. The molecule has 3 aromatic rings. The standard InChI is InChI=1S/C14H11N5/c1-2-4-12(5-3-1)16-10-17-14-7-6-11-8-18-19-13(11)9-15-14/h1-10H,(H,18,19). The molecule has 0 atom stereocenters. The summed E-state index contributed by atoms with van der Waals surface area (Å²) in [6, 6.07) is 13.4. The smallest absolute Gasteiger partial charge is 0.153 e. The molecule has 5 heteroatoms. The van der Waals surface area contributed by atoms with Crippen LogP contribution in [0.3, 0.4) is 0 Å². The normalized spacial score (nSPS) is 12.3. The molecule has 19 heavy (non-hydrogen) atoms. The van der Waals surface area contributed by atoms with Crippen LogP contribution in [0.25, 0.3) is 10.9 Å². The molecule has 0 spiro atoms. The Hall–Kier alpha value is -2.82. The summed E-state index contributed by atoms with van der Waals surface area (Å²) in [6.45, 7) is 0. The minimum atomic E-state index is 0.601. The van der Waals surface area contributed by atoms with Crippen molar-refractivity contribution in [1.29, 1.82) is 0 Å². The quantitative estimate of drug-likeness (QED) is 0.559. The van der Waals surface area contributed by atoms with Gasteiger partial charge in [-0.1, -0.05) is 18.2 Å². The summed E-state index contributed by atoms with van der Waals surface area (Å²) in [4.78, 5) is 12.7. The fourth-order valence-electron chi connectivity index (χ4n) is 1.62. The van der Waals surface area contributed by atoms with Crippen molar-refractivity contribution in [3.63, 3.8) is 0 Å². The highest BCUT2D eigenvalue weighted by molar-refractivity contribution is 5.75. The van der Waals surface area contributed by atoms with Gasteiger partial charge in [-0.25, -0.2) is 15.0 Å². The van der Waals surface area contributed by atoms with Gasteiger partial charge < -0.3 is 0 Å². The van der Waals surface area contributed by atoms with Crippen LogP contribution in [-0.4, -0.2) is 21.5 Å². The SMILES string of the molecule is C(=Nc1ccccc1)N=c1ccc2cn[nH]c2cn1. The molecular weight excluding hydrogens is 238 g/mol. The zero-order valence-electron chi connectivity index (χ0n) is 10.1. The molecule has 0 aliphatic heterocycles. The number of aliphatic imine (C=N–C) groups is 1. The maximum Gasteiger partial charge on any atom is 0.153 e. The van der Waals surface area contributed by atoms with Gasteiger partial charge in [0.1, 0.15) is 6.34 Å². The third kappa shape index (κ3) is 2.71. The Morgan fingerprint density at radius 1 is 1.00 bits per heavy atom. The molecule has 1 aromatic carbocycles. The van der Waals surface area contributed by atoms with E-state index in [1.54, 1.807) is 12.4 Å². The summed E-state index contributed by atoms with van der Waals surface area (Å²) in [5.41, 5.74) is 2.34. The second-order valence-electron chi connectivity index (χ2n) is 3.90. The van der Waals surface area contributed by atoms with Crippen molar-refractivity contribution in [2.45, 2.75) is 0 Å². The van der Waals surface area contributed by atoms with E-state index in [0.29, 0.717) is 5.49 Å². The van der Waals surface area contributed by atoms with Crippen LogP contribution in [0.1, 0.15) is 0 Å². The Labute approximate surface area is 109 Å². The summed E-state index contributed by atoms with van der Waals surface area (Å²) in [6.07, 6.45) is 4.96. The number of H-pyrrole nitrogens is 1. The summed E-state index contributed by atoms with van der Waals surface area (Å²) < 4.78 is 0. The molecule has 0 fully saturated rings. The average molecular weight is 249 g/mol. The van der Waals surface area contributed by atoms with Gasteiger partial charge in [-0.2, -0.15) is 5.10 Å². The number of rotatable bonds is 2. The summed E-state index contributed by atoms with van der Waals surface area (Å²) in [7, 11) is 0. The number of nitrogens with zero attached hydrogens (tertiary/aromatic N) is 4. The Kier molecular flexibility index (Phi) is 3.10. The lowest BCUT2D eigenvalue weighted by molar-refractivity contribution is 1.11. The van der Waals surface area contributed by atoms with E-state index in [1.165, 1.54) is 6.34 Å². The summed E-state index contributed by atoms with van der Waals surface area (Å²) in [5, 5.41) is 7.79. The van der Waals surface area contributed by atoms with E-state index in [2.05, 4.69) is 25.2 Å². The lowest BCUT2D eigenvalue weighted by atomic mass is 10.3. The number of hydrogen-bond donors (Lipinski definition) is 1. The van der Waals surface area contributed by atoms with Crippen LogP contribution in [0.5, 0.6) is 0 Å². The first-order valence-corrected chi connectivity index (χ1v) is 5.83. The first-order valence-electron chi connectivity index (χ1n) is 5.83. The second-order valence-corrected chi connectivity index (χ2v) is 3.90. The van der Waals surface area contributed by atoms with Crippen molar-refractivity contribution in [2.75, 3.05) is 0 Å². The van der Waals surface area contributed by atoms with Gasteiger partial charge >= 0.3 is 0 Å². The Morgan fingerprint density at radius 2 is 1.89 bits per heavy atom. The summed E-state index contributed by atoms with van der Waals surface area (Å²) in [5.74, 6) is 0. The van der Waals surface area contributed by atoms with E-state index in [1.807, 2.05) is 42.5 Å².